The number of amides is 1. The van der Waals surface area contributed by atoms with Crippen molar-refractivity contribution >= 4 is 5.91 Å². The quantitative estimate of drug-likeness (QED) is 0.719. The van der Waals surface area contributed by atoms with Gasteiger partial charge >= 0.3 is 0 Å². The van der Waals surface area contributed by atoms with Gasteiger partial charge in [-0.05, 0) is 25.0 Å². The van der Waals surface area contributed by atoms with Crippen molar-refractivity contribution in [3.63, 3.8) is 0 Å². The maximum absolute atomic E-state index is 12.4. The number of aryl methyl sites for hydroxylation is 2. The summed E-state index contributed by atoms with van der Waals surface area (Å²) in [5.74, 6) is 1.22. The molecule has 1 aromatic heterocycles. The van der Waals surface area contributed by atoms with Gasteiger partial charge in [-0.2, -0.15) is 4.98 Å². The van der Waals surface area contributed by atoms with Gasteiger partial charge in [0.25, 0.3) is 0 Å². The van der Waals surface area contributed by atoms with Gasteiger partial charge in [0.15, 0.2) is 0 Å². The lowest BCUT2D eigenvalue weighted by atomic mass is 10.1. The van der Waals surface area contributed by atoms with Gasteiger partial charge in [0, 0.05) is 25.1 Å². The standard InChI is InChI=1S/C21H21N3O2/c1-14-8-9-18(15(2)10-14)20-22-21(26-23-20)17-11-19(25)24(13-17)12-16-6-4-3-5-7-16/h3-10,17H,11-13H2,1-2H3. The van der Waals surface area contributed by atoms with Gasteiger partial charge in [-0.15, -0.1) is 0 Å². The zero-order chi connectivity index (χ0) is 18.1. The van der Waals surface area contributed by atoms with Crippen LogP contribution in [-0.4, -0.2) is 27.5 Å². The Morgan fingerprint density at radius 1 is 1.15 bits per heavy atom. The summed E-state index contributed by atoms with van der Waals surface area (Å²) in [4.78, 5) is 18.8. The first-order valence-electron chi connectivity index (χ1n) is 8.83. The highest BCUT2D eigenvalue weighted by Gasteiger charge is 2.34. The third-order valence-corrected chi connectivity index (χ3v) is 4.84. The number of rotatable bonds is 4. The molecule has 0 saturated carbocycles. The van der Waals surface area contributed by atoms with E-state index >= 15 is 0 Å². The first kappa shape index (κ1) is 16.5. The highest BCUT2D eigenvalue weighted by molar-refractivity contribution is 5.79. The summed E-state index contributed by atoms with van der Waals surface area (Å²) in [5, 5.41) is 4.14. The summed E-state index contributed by atoms with van der Waals surface area (Å²) >= 11 is 0. The van der Waals surface area contributed by atoms with Crippen LogP contribution >= 0.6 is 0 Å². The minimum atomic E-state index is -0.0433. The van der Waals surface area contributed by atoms with Gasteiger partial charge in [-0.3, -0.25) is 4.79 Å². The molecule has 0 bridgehead atoms. The molecule has 1 saturated heterocycles. The van der Waals surface area contributed by atoms with Crippen LogP contribution in [0.15, 0.2) is 53.1 Å². The van der Waals surface area contributed by atoms with Gasteiger partial charge in [0.2, 0.25) is 17.6 Å². The first-order valence-corrected chi connectivity index (χ1v) is 8.83. The summed E-state index contributed by atoms with van der Waals surface area (Å²) in [6.45, 7) is 5.33. The molecule has 2 aromatic carbocycles. The summed E-state index contributed by atoms with van der Waals surface area (Å²) < 4.78 is 5.50. The molecule has 1 aliphatic heterocycles. The van der Waals surface area contributed by atoms with Crippen LogP contribution in [-0.2, 0) is 11.3 Å². The Labute approximate surface area is 152 Å². The second-order valence-corrected chi connectivity index (χ2v) is 6.94. The molecule has 1 aliphatic rings. The number of benzene rings is 2. The van der Waals surface area contributed by atoms with E-state index in [0.29, 0.717) is 31.2 Å². The van der Waals surface area contributed by atoms with E-state index in [2.05, 4.69) is 23.1 Å². The molecular formula is C21H21N3O2. The molecule has 3 aromatic rings. The molecule has 5 heteroatoms. The molecule has 4 rings (SSSR count). The van der Waals surface area contributed by atoms with Gasteiger partial charge in [-0.1, -0.05) is 59.3 Å². The number of hydrogen-bond acceptors (Lipinski definition) is 4. The molecule has 5 nitrogen and oxygen atoms in total. The lowest BCUT2D eigenvalue weighted by molar-refractivity contribution is -0.128. The molecule has 0 aliphatic carbocycles. The molecule has 0 radical (unpaired) electrons. The van der Waals surface area contributed by atoms with Crippen molar-refractivity contribution in [3.8, 4) is 11.4 Å². The highest BCUT2D eigenvalue weighted by Crippen LogP contribution is 2.30. The Balaban J connectivity index is 1.50. The Bertz CT molecular complexity index is 933. The van der Waals surface area contributed by atoms with Crippen LogP contribution in [0, 0.1) is 13.8 Å². The highest BCUT2D eigenvalue weighted by atomic mass is 16.5. The van der Waals surface area contributed by atoms with Crippen LogP contribution in [0.25, 0.3) is 11.4 Å². The average molecular weight is 347 g/mol. The largest absolute Gasteiger partial charge is 0.339 e. The summed E-state index contributed by atoms with van der Waals surface area (Å²) in [5.41, 5.74) is 4.41. The lowest BCUT2D eigenvalue weighted by Gasteiger charge is -2.15. The Hall–Kier alpha value is -2.95. The van der Waals surface area contributed by atoms with Crippen LogP contribution in [0.3, 0.4) is 0 Å². The third kappa shape index (κ3) is 3.25. The topological polar surface area (TPSA) is 59.2 Å². The minimum Gasteiger partial charge on any atom is -0.339 e. The number of aromatic nitrogens is 2. The molecular weight excluding hydrogens is 326 g/mol. The molecule has 1 fully saturated rings. The van der Waals surface area contributed by atoms with Gasteiger partial charge in [0.1, 0.15) is 0 Å². The fraction of sp³-hybridized carbons (Fsp3) is 0.286. The molecule has 0 spiro atoms. The van der Waals surface area contributed by atoms with Crippen LogP contribution in [0.4, 0.5) is 0 Å². The number of hydrogen-bond donors (Lipinski definition) is 0. The van der Waals surface area contributed by atoms with E-state index in [4.69, 9.17) is 4.52 Å². The van der Waals surface area contributed by atoms with Crippen molar-refractivity contribution in [2.75, 3.05) is 6.54 Å². The fourth-order valence-corrected chi connectivity index (χ4v) is 3.47. The van der Waals surface area contributed by atoms with Gasteiger partial charge in [0.05, 0.1) is 5.92 Å². The average Bonchev–Trinajstić information content (AvgIpc) is 3.23. The summed E-state index contributed by atoms with van der Waals surface area (Å²) in [6, 6.07) is 16.2. The van der Waals surface area contributed by atoms with Crippen molar-refractivity contribution in [2.45, 2.75) is 32.7 Å². The second-order valence-electron chi connectivity index (χ2n) is 6.94. The van der Waals surface area contributed by atoms with Crippen molar-refractivity contribution < 1.29 is 9.32 Å². The molecule has 26 heavy (non-hydrogen) atoms. The lowest BCUT2D eigenvalue weighted by Crippen LogP contribution is -2.24. The van der Waals surface area contributed by atoms with E-state index < -0.39 is 0 Å². The van der Waals surface area contributed by atoms with E-state index in [-0.39, 0.29) is 11.8 Å². The van der Waals surface area contributed by atoms with E-state index in [1.807, 2.05) is 54.3 Å². The van der Waals surface area contributed by atoms with Crippen LogP contribution in [0.2, 0.25) is 0 Å². The molecule has 0 N–H and O–H groups in total. The van der Waals surface area contributed by atoms with Crippen LogP contribution < -0.4 is 0 Å². The maximum Gasteiger partial charge on any atom is 0.232 e. The molecule has 132 valence electrons. The smallest absolute Gasteiger partial charge is 0.232 e. The molecule has 1 atom stereocenters. The first-order chi connectivity index (χ1) is 12.6. The van der Waals surface area contributed by atoms with Crippen LogP contribution in [0.1, 0.15) is 34.9 Å². The van der Waals surface area contributed by atoms with Crippen LogP contribution in [0.5, 0.6) is 0 Å². The van der Waals surface area contributed by atoms with E-state index in [9.17, 15) is 4.79 Å². The van der Waals surface area contributed by atoms with E-state index in [1.165, 1.54) is 5.56 Å². The minimum absolute atomic E-state index is 0.0433. The normalized spacial score (nSPS) is 17.1. The summed E-state index contributed by atoms with van der Waals surface area (Å²) in [7, 11) is 0. The number of carbonyl (C=O) groups excluding carboxylic acids is 1. The number of nitrogens with zero attached hydrogens (tertiary/aromatic N) is 3. The fourth-order valence-electron chi connectivity index (χ4n) is 3.47. The monoisotopic (exact) mass is 347 g/mol. The predicted molar refractivity (Wildman–Crippen MR) is 98.4 cm³/mol. The Morgan fingerprint density at radius 2 is 1.96 bits per heavy atom. The molecule has 1 unspecified atom stereocenters. The van der Waals surface area contributed by atoms with Crippen molar-refractivity contribution in [3.05, 3.63) is 71.1 Å². The number of carbonyl (C=O) groups is 1. The zero-order valence-electron chi connectivity index (χ0n) is 15.0. The van der Waals surface area contributed by atoms with E-state index in [0.717, 1.165) is 16.7 Å². The third-order valence-electron chi connectivity index (χ3n) is 4.84. The Morgan fingerprint density at radius 3 is 2.73 bits per heavy atom. The Kier molecular flexibility index (Phi) is 4.29. The van der Waals surface area contributed by atoms with Crippen molar-refractivity contribution in [1.82, 2.24) is 15.0 Å². The second kappa shape index (κ2) is 6.75. The van der Waals surface area contributed by atoms with Crippen molar-refractivity contribution in [1.29, 1.82) is 0 Å². The number of likely N-dealkylation sites (tertiary alicyclic amines) is 1. The zero-order valence-corrected chi connectivity index (χ0v) is 15.0. The maximum atomic E-state index is 12.4. The van der Waals surface area contributed by atoms with Crippen molar-refractivity contribution in [2.24, 2.45) is 0 Å². The van der Waals surface area contributed by atoms with Gasteiger partial charge < -0.3 is 9.42 Å². The van der Waals surface area contributed by atoms with E-state index in [1.54, 1.807) is 0 Å². The summed E-state index contributed by atoms with van der Waals surface area (Å²) in [6.07, 6.45) is 0.418. The molecule has 1 amide bonds. The SMILES string of the molecule is Cc1ccc(-c2noc(C3CC(=O)N(Cc4ccccc4)C3)n2)c(C)c1. The molecule has 2 heterocycles. The predicted octanol–water partition coefficient (Wildman–Crippen LogP) is 3.87. The van der Waals surface area contributed by atoms with Gasteiger partial charge in [-0.25, -0.2) is 0 Å².